The van der Waals surface area contributed by atoms with Gasteiger partial charge in [0.2, 0.25) is 5.91 Å². The van der Waals surface area contributed by atoms with Crippen LogP contribution in [0.5, 0.6) is 0 Å². The molecule has 1 amide bonds. The zero-order valence-corrected chi connectivity index (χ0v) is 17.0. The molecule has 0 aliphatic heterocycles. The van der Waals surface area contributed by atoms with Crippen molar-refractivity contribution >= 4 is 46.9 Å². The van der Waals surface area contributed by atoms with Crippen molar-refractivity contribution in [1.82, 2.24) is 0 Å². The van der Waals surface area contributed by atoms with Gasteiger partial charge in [0.15, 0.2) is 12.4 Å². The summed E-state index contributed by atoms with van der Waals surface area (Å²) in [6, 6.07) is 12.8. The molecule has 0 fully saturated rings. The number of ether oxygens (including phenoxy) is 1. The van der Waals surface area contributed by atoms with Crippen molar-refractivity contribution < 1.29 is 19.1 Å². The van der Waals surface area contributed by atoms with Crippen molar-refractivity contribution in [3.63, 3.8) is 0 Å². The minimum Gasteiger partial charge on any atom is -0.457 e. The van der Waals surface area contributed by atoms with Crippen LogP contribution >= 0.6 is 23.5 Å². The van der Waals surface area contributed by atoms with E-state index in [1.54, 1.807) is 18.2 Å². The molecule has 0 saturated carbocycles. The number of esters is 1. The quantitative estimate of drug-likeness (QED) is 0.405. The smallest absolute Gasteiger partial charge is 0.316 e. The van der Waals surface area contributed by atoms with Crippen LogP contribution in [0.1, 0.15) is 22.8 Å². The van der Waals surface area contributed by atoms with Crippen molar-refractivity contribution in [2.24, 2.45) is 0 Å². The van der Waals surface area contributed by atoms with Gasteiger partial charge in [-0.3, -0.25) is 14.4 Å². The van der Waals surface area contributed by atoms with Gasteiger partial charge in [-0.15, -0.1) is 23.5 Å². The number of rotatable bonds is 8. The van der Waals surface area contributed by atoms with E-state index in [-0.39, 0.29) is 24.1 Å². The Bertz CT molecular complexity index is 852. The van der Waals surface area contributed by atoms with Crippen molar-refractivity contribution in [1.29, 1.82) is 0 Å². The highest BCUT2D eigenvalue weighted by atomic mass is 32.2. The van der Waals surface area contributed by atoms with E-state index in [1.165, 1.54) is 30.4 Å². The average molecular weight is 404 g/mol. The van der Waals surface area contributed by atoms with Crippen LogP contribution in [0, 0.1) is 6.92 Å². The largest absolute Gasteiger partial charge is 0.457 e. The van der Waals surface area contributed by atoms with Gasteiger partial charge < -0.3 is 10.1 Å². The van der Waals surface area contributed by atoms with Gasteiger partial charge in [-0.2, -0.15) is 0 Å². The predicted molar refractivity (Wildman–Crippen MR) is 110 cm³/mol. The number of hydrogen-bond acceptors (Lipinski definition) is 6. The Balaban J connectivity index is 1.92. The molecule has 0 spiro atoms. The third-order valence-electron chi connectivity index (χ3n) is 3.64. The molecule has 0 saturated heterocycles. The highest BCUT2D eigenvalue weighted by molar-refractivity contribution is 8.00. The van der Waals surface area contributed by atoms with E-state index in [4.69, 9.17) is 4.74 Å². The van der Waals surface area contributed by atoms with Crippen molar-refractivity contribution in [2.75, 3.05) is 23.9 Å². The molecule has 0 radical (unpaired) electrons. The van der Waals surface area contributed by atoms with Crippen LogP contribution in [-0.4, -0.2) is 36.3 Å². The molecule has 142 valence electrons. The summed E-state index contributed by atoms with van der Waals surface area (Å²) in [5.74, 6) is -0.835. The molecule has 0 atom stereocenters. The predicted octanol–water partition coefficient (Wildman–Crippen LogP) is 4.19. The molecular weight excluding hydrogens is 382 g/mol. The fourth-order valence-corrected chi connectivity index (χ4v) is 3.66. The first-order chi connectivity index (χ1) is 12.9. The summed E-state index contributed by atoms with van der Waals surface area (Å²) in [7, 11) is 0. The Morgan fingerprint density at radius 3 is 2.48 bits per heavy atom. The van der Waals surface area contributed by atoms with Gasteiger partial charge in [-0.25, -0.2) is 0 Å². The average Bonchev–Trinajstić information content (AvgIpc) is 2.65. The maximum absolute atomic E-state index is 12.3. The zero-order chi connectivity index (χ0) is 19.8. The van der Waals surface area contributed by atoms with Crippen molar-refractivity contribution in [3.05, 3.63) is 53.6 Å². The fraction of sp³-hybridized carbons (Fsp3) is 0.250. The third-order valence-corrected chi connectivity index (χ3v) is 5.58. The topological polar surface area (TPSA) is 72.5 Å². The first-order valence-corrected chi connectivity index (χ1v) is 10.4. The van der Waals surface area contributed by atoms with E-state index < -0.39 is 5.97 Å². The molecule has 1 N–H and O–H groups in total. The summed E-state index contributed by atoms with van der Waals surface area (Å²) in [6.45, 7) is 3.06. The lowest BCUT2D eigenvalue weighted by molar-refractivity contribution is -0.139. The van der Waals surface area contributed by atoms with Crippen LogP contribution < -0.4 is 5.32 Å². The lowest BCUT2D eigenvalue weighted by Crippen LogP contribution is -2.16. The summed E-state index contributed by atoms with van der Waals surface area (Å²) in [6.07, 6.45) is 1.88. The van der Waals surface area contributed by atoms with Gasteiger partial charge in [-0.05, 0) is 36.9 Å². The van der Waals surface area contributed by atoms with Crippen LogP contribution in [0.3, 0.4) is 0 Å². The van der Waals surface area contributed by atoms with Gasteiger partial charge >= 0.3 is 5.97 Å². The maximum atomic E-state index is 12.3. The number of nitrogens with one attached hydrogen (secondary N) is 1. The Morgan fingerprint density at radius 2 is 1.81 bits per heavy atom. The normalized spacial score (nSPS) is 10.3. The summed E-state index contributed by atoms with van der Waals surface area (Å²) < 4.78 is 5.10. The number of carbonyl (C=O) groups is 3. The van der Waals surface area contributed by atoms with Crippen molar-refractivity contribution in [3.8, 4) is 0 Å². The van der Waals surface area contributed by atoms with Crippen molar-refractivity contribution in [2.45, 2.75) is 23.6 Å². The van der Waals surface area contributed by atoms with E-state index >= 15 is 0 Å². The molecule has 0 aromatic heterocycles. The monoisotopic (exact) mass is 403 g/mol. The minimum absolute atomic E-state index is 0.140. The number of hydrogen-bond donors (Lipinski definition) is 1. The van der Waals surface area contributed by atoms with Gasteiger partial charge in [0.25, 0.3) is 0 Å². The lowest BCUT2D eigenvalue weighted by atomic mass is 10.1. The van der Waals surface area contributed by atoms with Crippen LogP contribution in [0.25, 0.3) is 0 Å². The highest BCUT2D eigenvalue weighted by Gasteiger charge is 2.13. The molecule has 2 aromatic carbocycles. The van der Waals surface area contributed by atoms with Crippen LogP contribution in [0.4, 0.5) is 5.69 Å². The van der Waals surface area contributed by atoms with E-state index in [2.05, 4.69) is 5.32 Å². The number of thioether (sulfide) groups is 2. The van der Waals surface area contributed by atoms with Crippen LogP contribution in [0.2, 0.25) is 0 Å². The van der Waals surface area contributed by atoms with E-state index in [0.717, 1.165) is 15.4 Å². The standard InChI is InChI=1S/C20H21NO4S2/c1-13-6-4-5-7-18(13)27-12-20(24)25-11-17(23)15-8-9-19(26-3)16(10-15)21-14(2)22/h4-10H,11-12H2,1-3H3,(H,21,22). The molecule has 0 aliphatic rings. The lowest BCUT2D eigenvalue weighted by Gasteiger charge is -2.10. The zero-order valence-electron chi connectivity index (χ0n) is 15.4. The molecule has 0 unspecified atom stereocenters. The Morgan fingerprint density at radius 1 is 1.07 bits per heavy atom. The van der Waals surface area contributed by atoms with Gasteiger partial charge in [0, 0.05) is 22.3 Å². The number of amides is 1. The van der Waals surface area contributed by atoms with E-state index in [0.29, 0.717) is 11.3 Å². The molecule has 2 rings (SSSR count). The van der Waals surface area contributed by atoms with E-state index in [9.17, 15) is 14.4 Å². The van der Waals surface area contributed by atoms with Gasteiger partial charge in [-0.1, -0.05) is 24.3 Å². The summed E-state index contributed by atoms with van der Waals surface area (Å²) >= 11 is 2.85. The molecule has 2 aromatic rings. The van der Waals surface area contributed by atoms with Crippen LogP contribution in [-0.2, 0) is 14.3 Å². The second-order valence-electron chi connectivity index (χ2n) is 5.73. The number of benzene rings is 2. The second kappa shape index (κ2) is 10.2. The molecule has 0 heterocycles. The molecule has 5 nitrogen and oxygen atoms in total. The molecule has 27 heavy (non-hydrogen) atoms. The fourth-order valence-electron chi connectivity index (χ4n) is 2.29. The number of carbonyl (C=O) groups excluding carboxylic acids is 3. The summed E-state index contributed by atoms with van der Waals surface area (Å²) in [5, 5.41) is 2.71. The minimum atomic E-state index is -0.445. The third kappa shape index (κ3) is 6.45. The SMILES string of the molecule is CSc1ccc(C(=O)COC(=O)CSc2ccccc2C)cc1NC(C)=O. The number of aryl methyl sites for hydroxylation is 1. The molecule has 0 bridgehead atoms. The Hall–Kier alpha value is -2.25. The number of Topliss-reactive ketones (excluding diaryl/α,β-unsaturated/α-hetero) is 1. The van der Waals surface area contributed by atoms with Gasteiger partial charge in [0.05, 0.1) is 11.4 Å². The first-order valence-electron chi connectivity index (χ1n) is 8.23. The molecule has 7 heteroatoms. The first kappa shape index (κ1) is 21.1. The summed E-state index contributed by atoms with van der Waals surface area (Å²) in [4.78, 5) is 37.4. The van der Waals surface area contributed by atoms with E-state index in [1.807, 2.05) is 37.4 Å². The Kier molecular flexibility index (Phi) is 7.94. The molecule has 0 aliphatic carbocycles. The van der Waals surface area contributed by atoms with Crippen LogP contribution in [0.15, 0.2) is 52.3 Å². The molecular formula is C20H21NO4S2. The maximum Gasteiger partial charge on any atom is 0.316 e. The number of ketones is 1. The Labute approximate surface area is 167 Å². The van der Waals surface area contributed by atoms with Gasteiger partial charge in [0.1, 0.15) is 0 Å². The summed E-state index contributed by atoms with van der Waals surface area (Å²) in [5.41, 5.74) is 2.05. The second-order valence-corrected chi connectivity index (χ2v) is 7.60. The highest BCUT2D eigenvalue weighted by Crippen LogP contribution is 2.27. The number of anilines is 1.